The number of anilines is 2. The van der Waals surface area contributed by atoms with Crippen LogP contribution in [0.15, 0.2) is 46.0 Å². The second-order valence-electron chi connectivity index (χ2n) is 6.79. The third kappa shape index (κ3) is 2.99. The van der Waals surface area contributed by atoms with Gasteiger partial charge in [0.2, 0.25) is 5.43 Å². The van der Waals surface area contributed by atoms with Crippen LogP contribution in [0.5, 0.6) is 11.5 Å². The van der Waals surface area contributed by atoms with E-state index in [1.54, 1.807) is 32.4 Å². The molecule has 3 aromatic carbocycles. The number of nitrogens with one attached hydrogen (secondary N) is 1. The molecule has 3 aromatic rings. The van der Waals surface area contributed by atoms with Crippen molar-refractivity contribution in [2.45, 2.75) is 25.7 Å². The Hall–Kier alpha value is -3.08. The second-order valence-corrected chi connectivity index (χ2v) is 6.79. The maximum atomic E-state index is 12.3. The number of fused-ring (bicyclic) bond motifs is 1. The largest absolute Gasteiger partial charge is 0.497 e. The van der Waals surface area contributed by atoms with Gasteiger partial charge in [-0.15, -0.1) is 0 Å². The summed E-state index contributed by atoms with van der Waals surface area (Å²) in [5.41, 5.74) is 3.86. The molecule has 0 atom stereocenters. The second kappa shape index (κ2) is 6.91. The SMILES string of the molecule is COc1ccc(Nc2c(-c3ccc4c(c3)CCCC4)c(=O)c2=O)c(OC)c1. The van der Waals surface area contributed by atoms with E-state index in [9.17, 15) is 9.59 Å². The Bertz CT molecular complexity index is 1080. The first-order chi connectivity index (χ1) is 13.1. The van der Waals surface area contributed by atoms with E-state index in [4.69, 9.17) is 9.47 Å². The van der Waals surface area contributed by atoms with E-state index in [0.29, 0.717) is 28.4 Å². The standard InChI is InChI=1S/C22H21NO4/c1-26-16-9-10-17(18(12-16)27-2)23-20-19(21(24)22(20)25)15-8-7-13-5-3-4-6-14(13)11-15/h7-12,23H,3-6H2,1-2H3. The minimum atomic E-state index is -0.499. The zero-order valence-corrected chi connectivity index (χ0v) is 15.4. The Labute approximate surface area is 157 Å². The molecule has 0 saturated carbocycles. The molecule has 0 unspecified atom stereocenters. The van der Waals surface area contributed by atoms with Gasteiger partial charge in [0.15, 0.2) is 0 Å². The summed E-state index contributed by atoms with van der Waals surface area (Å²) in [5.74, 6) is 1.19. The fourth-order valence-corrected chi connectivity index (χ4v) is 3.71. The van der Waals surface area contributed by atoms with Gasteiger partial charge in [-0.05, 0) is 54.5 Å². The van der Waals surface area contributed by atoms with Crippen molar-refractivity contribution in [2.24, 2.45) is 0 Å². The molecule has 0 radical (unpaired) electrons. The summed E-state index contributed by atoms with van der Waals surface area (Å²) in [4.78, 5) is 24.5. The first kappa shape index (κ1) is 17.3. The molecule has 4 rings (SSSR count). The van der Waals surface area contributed by atoms with Gasteiger partial charge in [0.1, 0.15) is 17.2 Å². The van der Waals surface area contributed by atoms with E-state index in [-0.39, 0.29) is 0 Å². The van der Waals surface area contributed by atoms with Gasteiger partial charge in [0.05, 0.1) is 25.5 Å². The molecule has 0 aromatic heterocycles. The Balaban J connectivity index is 1.72. The van der Waals surface area contributed by atoms with Crippen molar-refractivity contribution < 1.29 is 9.47 Å². The molecule has 0 saturated heterocycles. The molecular weight excluding hydrogens is 342 g/mol. The highest BCUT2D eigenvalue weighted by molar-refractivity contribution is 5.86. The Morgan fingerprint density at radius 2 is 1.63 bits per heavy atom. The van der Waals surface area contributed by atoms with Crippen LogP contribution in [0, 0.1) is 0 Å². The predicted molar refractivity (Wildman–Crippen MR) is 106 cm³/mol. The summed E-state index contributed by atoms with van der Waals surface area (Å²) in [6, 6.07) is 11.4. The van der Waals surface area contributed by atoms with Crippen LogP contribution >= 0.6 is 0 Å². The summed E-state index contributed by atoms with van der Waals surface area (Å²) in [7, 11) is 3.12. The smallest absolute Gasteiger partial charge is 0.250 e. The topological polar surface area (TPSA) is 64.6 Å². The molecule has 0 aliphatic heterocycles. The molecule has 27 heavy (non-hydrogen) atoms. The van der Waals surface area contributed by atoms with E-state index < -0.39 is 10.9 Å². The zero-order chi connectivity index (χ0) is 19.0. The van der Waals surface area contributed by atoms with Gasteiger partial charge in [-0.3, -0.25) is 9.59 Å². The first-order valence-corrected chi connectivity index (χ1v) is 9.07. The highest BCUT2D eigenvalue weighted by atomic mass is 16.5. The third-order valence-electron chi connectivity index (χ3n) is 5.22. The normalized spacial score (nSPS) is 13.3. The molecule has 1 aliphatic rings. The predicted octanol–water partition coefficient (Wildman–Crippen LogP) is 3.59. The lowest BCUT2D eigenvalue weighted by molar-refractivity contribution is 0.395. The highest BCUT2D eigenvalue weighted by Crippen LogP contribution is 2.35. The van der Waals surface area contributed by atoms with Crippen LogP contribution in [0.4, 0.5) is 11.4 Å². The molecule has 0 bridgehead atoms. The quantitative estimate of drug-likeness (QED) is 0.702. The molecular formula is C22H21NO4. The van der Waals surface area contributed by atoms with Gasteiger partial charge >= 0.3 is 0 Å². The molecule has 5 heteroatoms. The summed E-state index contributed by atoms with van der Waals surface area (Å²) >= 11 is 0. The zero-order valence-electron chi connectivity index (χ0n) is 15.4. The lowest BCUT2D eigenvalue weighted by Gasteiger charge is -2.19. The van der Waals surface area contributed by atoms with Crippen molar-refractivity contribution in [1.29, 1.82) is 0 Å². The van der Waals surface area contributed by atoms with Crippen LogP contribution < -0.4 is 25.6 Å². The maximum absolute atomic E-state index is 12.3. The van der Waals surface area contributed by atoms with E-state index >= 15 is 0 Å². The van der Waals surface area contributed by atoms with Crippen molar-refractivity contribution in [1.82, 2.24) is 0 Å². The van der Waals surface area contributed by atoms with E-state index in [1.165, 1.54) is 17.5 Å². The molecule has 5 nitrogen and oxygen atoms in total. The first-order valence-electron chi connectivity index (χ1n) is 9.07. The van der Waals surface area contributed by atoms with Gasteiger partial charge in [0.25, 0.3) is 5.43 Å². The summed E-state index contributed by atoms with van der Waals surface area (Å²) in [5, 5.41) is 3.09. The fraction of sp³-hybridized carbons (Fsp3) is 0.273. The third-order valence-corrected chi connectivity index (χ3v) is 5.22. The molecule has 1 aliphatic carbocycles. The average Bonchev–Trinajstić information content (AvgIpc) is 2.72. The van der Waals surface area contributed by atoms with Crippen molar-refractivity contribution in [3.63, 3.8) is 0 Å². The van der Waals surface area contributed by atoms with Gasteiger partial charge in [-0.1, -0.05) is 18.2 Å². The van der Waals surface area contributed by atoms with E-state index in [0.717, 1.165) is 24.8 Å². The van der Waals surface area contributed by atoms with E-state index in [1.807, 2.05) is 6.07 Å². The average molecular weight is 363 g/mol. The van der Waals surface area contributed by atoms with Crippen LogP contribution in [0.2, 0.25) is 0 Å². The van der Waals surface area contributed by atoms with Crippen molar-refractivity contribution in [3.05, 3.63) is 68.0 Å². The lowest BCUT2D eigenvalue weighted by atomic mass is 9.88. The van der Waals surface area contributed by atoms with E-state index in [2.05, 4.69) is 17.4 Å². The van der Waals surface area contributed by atoms with Crippen LogP contribution in [0.25, 0.3) is 11.1 Å². The van der Waals surface area contributed by atoms with Crippen LogP contribution in [-0.2, 0) is 12.8 Å². The Morgan fingerprint density at radius 1 is 0.852 bits per heavy atom. The molecule has 138 valence electrons. The fourth-order valence-electron chi connectivity index (χ4n) is 3.71. The van der Waals surface area contributed by atoms with Gasteiger partial charge < -0.3 is 14.8 Å². The number of aryl methyl sites for hydroxylation is 2. The monoisotopic (exact) mass is 363 g/mol. The number of ether oxygens (including phenoxy) is 2. The lowest BCUT2D eigenvalue weighted by Crippen LogP contribution is -2.35. The number of hydrogen-bond donors (Lipinski definition) is 1. The van der Waals surface area contributed by atoms with Gasteiger partial charge in [-0.25, -0.2) is 0 Å². The minimum Gasteiger partial charge on any atom is -0.497 e. The van der Waals surface area contributed by atoms with Crippen molar-refractivity contribution >= 4 is 11.4 Å². The molecule has 0 fully saturated rings. The van der Waals surface area contributed by atoms with Crippen molar-refractivity contribution in [2.75, 3.05) is 19.5 Å². The number of benzene rings is 2. The van der Waals surface area contributed by atoms with Crippen LogP contribution in [-0.4, -0.2) is 14.2 Å². The summed E-state index contributed by atoms with van der Waals surface area (Å²) in [6.45, 7) is 0. The van der Waals surface area contributed by atoms with Gasteiger partial charge in [-0.2, -0.15) is 0 Å². The summed E-state index contributed by atoms with van der Waals surface area (Å²) < 4.78 is 10.6. The maximum Gasteiger partial charge on any atom is 0.250 e. The molecule has 0 spiro atoms. The Morgan fingerprint density at radius 3 is 2.37 bits per heavy atom. The highest BCUT2D eigenvalue weighted by Gasteiger charge is 2.24. The number of rotatable bonds is 5. The van der Waals surface area contributed by atoms with Crippen LogP contribution in [0.3, 0.4) is 0 Å². The molecule has 1 N–H and O–H groups in total. The minimum absolute atomic E-state index is 0.319. The Kier molecular flexibility index (Phi) is 4.44. The number of methoxy groups -OCH3 is 2. The molecule has 0 amide bonds. The van der Waals surface area contributed by atoms with Crippen LogP contribution in [0.1, 0.15) is 24.0 Å². The number of hydrogen-bond acceptors (Lipinski definition) is 5. The van der Waals surface area contributed by atoms with Crippen molar-refractivity contribution in [3.8, 4) is 22.6 Å². The molecule has 0 heterocycles. The van der Waals surface area contributed by atoms with Gasteiger partial charge in [0, 0.05) is 6.07 Å². The summed E-state index contributed by atoms with van der Waals surface area (Å²) in [6.07, 6.45) is 4.47.